The molecule has 0 saturated heterocycles. The normalized spacial score (nSPS) is 10.9. The summed E-state index contributed by atoms with van der Waals surface area (Å²) in [5.74, 6) is 1.20. The first-order chi connectivity index (χ1) is 11.3. The van der Waals surface area contributed by atoms with Gasteiger partial charge in [0.1, 0.15) is 11.5 Å². The van der Waals surface area contributed by atoms with Crippen LogP contribution >= 0.6 is 0 Å². The lowest BCUT2D eigenvalue weighted by molar-refractivity contribution is 0.130. The zero-order valence-corrected chi connectivity index (χ0v) is 15.0. The fourth-order valence-electron chi connectivity index (χ4n) is 2.73. The fourth-order valence-corrected chi connectivity index (χ4v) is 2.73. The van der Waals surface area contributed by atoms with Crippen LogP contribution in [0.1, 0.15) is 70.8 Å². The molecular weight excluding hydrogens is 288 g/mol. The highest BCUT2D eigenvalue weighted by Gasteiger charge is 2.08. The summed E-state index contributed by atoms with van der Waals surface area (Å²) in [5.41, 5.74) is 0.961. The number of hydrogen-bond acceptors (Lipinski definition) is 3. The van der Waals surface area contributed by atoms with Gasteiger partial charge in [-0.1, -0.05) is 45.1 Å². The Labute approximate surface area is 142 Å². The molecule has 23 heavy (non-hydrogen) atoms. The van der Waals surface area contributed by atoms with E-state index in [9.17, 15) is 5.11 Å². The van der Waals surface area contributed by atoms with Crippen LogP contribution in [0.15, 0.2) is 18.2 Å². The quantitative estimate of drug-likeness (QED) is 0.460. The molecule has 0 aliphatic rings. The second-order valence-corrected chi connectivity index (χ2v) is 6.02. The molecule has 0 spiro atoms. The molecule has 0 aliphatic carbocycles. The van der Waals surface area contributed by atoms with Crippen molar-refractivity contribution in [3.63, 3.8) is 0 Å². The predicted molar refractivity (Wildman–Crippen MR) is 96.4 cm³/mol. The summed E-state index contributed by atoms with van der Waals surface area (Å²) in [7, 11) is 0. The van der Waals surface area contributed by atoms with Gasteiger partial charge in [0.25, 0.3) is 0 Å². The summed E-state index contributed by atoms with van der Waals surface area (Å²) in [4.78, 5) is 0. The molecule has 0 unspecified atom stereocenters. The van der Waals surface area contributed by atoms with E-state index in [1.165, 1.54) is 38.5 Å². The van der Waals surface area contributed by atoms with Crippen LogP contribution in [-0.4, -0.2) is 24.9 Å². The van der Waals surface area contributed by atoms with Crippen LogP contribution < -0.4 is 4.74 Å². The zero-order valence-electron chi connectivity index (χ0n) is 15.0. The van der Waals surface area contributed by atoms with Crippen LogP contribution in [0.4, 0.5) is 0 Å². The lowest BCUT2D eigenvalue weighted by Crippen LogP contribution is -1.97. The van der Waals surface area contributed by atoms with Gasteiger partial charge in [0.2, 0.25) is 0 Å². The van der Waals surface area contributed by atoms with E-state index in [-0.39, 0.29) is 0 Å². The van der Waals surface area contributed by atoms with Crippen LogP contribution in [0.25, 0.3) is 0 Å². The molecule has 0 fully saturated rings. The molecule has 0 saturated carbocycles. The van der Waals surface area contributed by atoms with Gasteiger partial charge in [-0.05, 0) is 44.7 Å². The van der Waals surface area contributed by atoms with Gasteiger partial charge in [-0.2, -0.15) is 0 Å². The van der Waals surface area contributed by atoms with Crippen molar-refractivity contribution in [3.8, 4) is 11.5 Å². The number of phenols is 1. The van der Waals surface area contributed by atoms with Crippen LogP contribution in [0.2, 0.25) is 0 Å². The third-order valence-electron chi connectivity index (χ3n) is 3.97. The van der Waals surface area contributed by atoms with E-state index in [1.54, 1.807) is 6.07 Å². The van der Waals surface area contributed by atoms with E-state index < -0.39 is 0 Å². The van der Waals surface area contributed by atoms with Gasteiger partial charge in [-0.3, -0.25) is 0 Å². The van der Waals surface area contributed by atoms with Crippen molar-refractivity contribution in [1.82, 2.24) is 0 Å². The van der Waals surface area contributed by atoms with E-state index in [2.05, 4.69) is 6.92 Å². The number of benzene rings is 1. The van der Waals surface area contributed by atoms with E-state index in [4.69, 9.17) is 9.47 Å². The average Bonchev–Trinajstić information content (AvgIpc) is 2.55. The Morgan fingerprint density at radius 2 is 1.57 bits per heavy atom. The molecule has 0 amide bonds. The fraction of sp³-hybridized carbons (Fsp3) is 0.700. The smallest absolute Gasteiger partial charge is 0.126 e. The van der Waals surface area contributed by atoms with Crippen molar-refractivity contribution in [2.24, 2.45) is 0 Å². The van der Waals surface area contributed by atoms with Gasteiger partial charge in [0.15, 0.2) is 0 Å². The SMILES string of the molecule is CCCOCCCCCCCCCc1c(O)cccc1OCC. The van der Waals surface area contributed by atoms with Gasteiger partial charge in [-0.25, -0.2) is 0 Å². The van der Waals surface area contributed by atoms with Crippen molar-refractivity contribution < 1.29 is 14.6 Å². The molecule has 1 aromatic carbocycles. The first kappa shape index (κ1) is 19.8. The van der Waals surface area contributed by atoms with Gasteiger partial charge >= 0.3 is 0 Å². The number of phenolic OH excluding ortho intramolecular Hbond substituents is 1. The molecule has 0 aliphatic heterocycles. The van der Waals surface area contributed by atoms with Crippen molar-refractivity contribution in [1.29, 1.82) is 0 Å². The van der Waals surface area contributed by atoms with Crippen LogP contribution in [0.5, 0.6) is 11.5 Å². The maximum atomic E-state index is 9.99. The van der Waals surface area contributed by atoms with Crippen LogP contribution in [-0.2, 0) is 11.2 Å². The molecule has 132 valence electrons. The standard InChI is InChI=1S/C20H34O3/c1-3-16-22-17-11-9-7-5-6-8-10-13-18-19(21)14-12-15-20(18)23-4-2/h12,14-15,21H,3-11,13,16-17H2,1-2H3. The van der Waals surface area contributed by atoms with Crippen LogP contribution in [0, 0.1) is 0 Å². The maximum absolute atomic E-state index is 9.99. The number of aromatic hydroxyl groups is 1. The highest BCUT2D eigenvalue weighted by atomic mass is 16.5. The Balaban J connectivity index is 2.07. The molecule has 0 aromatic heterocycles. The molecule has 0 radical (unpaired) electrons. The number of unbranched alkanes of at least 4 members (excludes halogenated alkanes) is 6. The predicted octanol–water partition coefficient (Wildman–Crippen LogP) is 5.49. The molecule has 3 nitrogen and oxygen atoms in total. The molecule has 0 bridgehead atoms. The number of ether oxygens (including phenoxy) is 2. The van der Waals surface area contributed by atoms with Gasteiger partial charge in [-0.15, -0.1) is 0 Å². The van der Waals surface area contributed by atoms with Crippen molar-refractivity contribution >= 4 is 0 Å². The lowest BCUT2D eigenvalue weighted by atomic mass is 10.0. The van der Waals surface area contributed by atoms with Crippen molar-refractivity contribution in [2.75, 3.05) is 19.8 Å². The summed E-state index contributed by atoms with van der Waals surface area (Å²) < 4.78 is 11.1. The van der Waals surface area contributed by atoms with Gasteiger partial charge in [0.05, 0.1) is 6.61 Å². The third-order valence-corrected chi connectivity index (χ3v) is 3.97. The van der Waals surface area contributed by atoms with Gasteiger partial charge < -0.3 is 14.6 Å². The van der Waals surface area contributed by atoms with E-state index in [0.717, 1.165) is 43.8 Å². The topological polar surface area (TPSA) is 38.7 Å². The first-order valence-corrected chi connectivity index (χ1v) is 9.31. The Hall–Kier alpha value is -1.22. The Morgan fingerprint density at radius 3 is 2.26 bits per heavy atom. The monoisotopic (exact) mass is 322 g/mol. The Bertz CT molecular complexity index is 404. The van der Waals surface area contributed by atoms with E-state index in [0.29, 0.717) is 12.4 Å². The zero-order chi connectivity index (χ0) is 16.8. The number of rotatable bonds is 14. The molecule has 1 N–H and O–H groups in total. The highest BCUT2D eigenvalue weighted by molar-refractivity contribution is 5.43. The Morgan fingerprint density at radius 1 is 0.870 bits per heavy atom. The molecule has 0 atom stereocenters. The summed E-state index contributed by atoms with van der Waals surface area (Å²) >= 11 is 0. The highest BCUT2D eigenvalue weighted by Crippen LogP contribution is 2.29. The average molecular weight is 322 g/mol. The molecular formula is C20H34O3. The van der Waals surface area contributed by atoms with Crippen molar-refractivity contribution in [2.45, 2.75) is 71.6 Å². The number of hydrogen-bond donors (Lipinski definition) is 1. The summed E-state index contributed by atoms with van der Waals surface area (Å²) in [6.07, 6.45) is 10.7. The molecule has 1 aromatic rings. The summed E-state index contributed by atoms with van der Waals surface area (Å²) in [6, 6.07) is 5.53. The molecule has 3 heteroatoms. The van der Waals surface area contributed by atoms with Crippen molar-refractivity contribution in [3.05, 3.63) is 23.8 Å². The second-order valence-electron chi connectivity index (χ2n) is 6.02. The van der Waals surface area contributed by atoms with E-state index in [1.807, 2.05) is 19.1 Å². The molecule has 0 heterocycles. The summed E-state index contributed by atoms with van der Waals surface area (Å²) in [5, 5.41) is 9.99. The third kappa shape index (κ3) is 8.85. The first-order valence-electron chi connectivity index (χ1n) is 9.31. The lowest BCUT2D eigenvalue weighted by Gasteiger charge is -2.11. The van der Waals surface area contributed by atoms with E-state index >= 15 is 0 Å². The largest absolute Gasteiger partial charge is 0.508 e. The minimum absolute atomic E-state index is 0.364. The summed E-state index contributed by atoms with van der Waals surface area (Å²) in [6.45, 7) is 6.57. The Kier molecular flexibility index (Phi) is 11.4. The second kappa shape index (κ2) is 13.2. The minimum atomic E-state index is 0.364. The van der Waals surface area contributed by atoms with Gasteiger partial charge in [0, 0.05) is 18.8 Å². The maximum Gasteiger partial charge on any atom is 0.126 e. The molecule has 1 rings (SSSR count). The minimum Gasteiger partial charge on any atom is -0.508 e. The van der Waals surface area contributed by atoms with Crippen LogP contribution in [0.3, 0.4) is 0 Å².